The second-order valence-corrected chi connectivity index (χ2v) is 7.83. The standard InChI is InChI=1S/C23H24N4O3/c24-13-18-14-25-21(26-18)22(29)27-20-7-6-17(23(15-28)8-10-30-11-9-23)12-19(20)16-4-2-1-3-5-16/h4,6-7,12,14-15H,1-3,5,8-11H2,(H,25,26)(H,27,29). The van der Waals surface area contributed by atoms with Gasteiger partial charge < -0.3 is 19.8 Å². The molecule has 0 unspecified atom stereocenters. The van der Waals surface area contributed by atoms with E-state index in [2.05, 4.69) is 27.4 Å². The quantitative estimate of drug-likeness (QED) is 0.738. The van der Waals surface area contributed by atoms with Gasteiger partial charge in [-0.2, -0.15) is 5.26 Å². The van der Waals surface area contributed by atoms with E-state index in [1.54, 1.807) is 0 Å². The molecule has 1 aliphatic heterocycles. The monoisotopic (exact) mass is 404 g/mol. The summed E-state index contributed by atoms with van der Waals surface area (Å²) in [5.41, 5.74) is 3.46. The van der Waals surface area contributed by atoms with E-state index in [9.17, 15) is 9.59 Å². The fourth-order valence-corrected chi connectivity index (χ4v) is 4.20. The zero-order valence-electron chi connectivity index (χ0n) is 16.7. The third-order valence-corrected chi connectivity index (χ3v) is 6.00. The second-order valence-electron chi connectivity index (χ2n) is 7.83. The predicted octanol–water partition coefficient (Wildman–Crippen LogP) is 3.74. The second kappa shape index (κ2) is 8.64. The Balaban J connectivity index is 1.70. The number of nitriles is 1. The van der Waals surface area contributed by atoms with Gasteiger partial charge in [-0.25, -0.2) is 4.98 Å². The summed E-state index contributed by atoms with van der Waals surface area (Å²) in [4.78, 5) is 31.4. The van der Waals surface area contributed by atoms with Crippen molar-refractivity contribution < 1.29 is 14.3 Å². The molecule has 0 atom stereocenters. The van der Waals surface area contributed by atoms with Gasteiger partial charge in [-0.15, -0.1) is 0 Å². The maximum Gasteiger partial charge on any atom is 0.291 e. The number of aromatic amines is 1. The van der Waals surface area contributed by atoms with Gasteiger partial charge in [-0.3, -0.25) is 4.79 Å². The van der Waals surface area contributed by atoms with Crippen LogP contribution in [0.25, 0.3) is 5.57 Å². The number of hydrogen-bond donors (Lipinski definition) is 2. The number of ether oxygens (including phenoxy) is 1. The number of benzene rings is 1. The summed E-state index contributed by atoms with van der Waals surface area (Å²) in [5.74, 6) is -0.314. The summed E-state index contributed by atoms with van der Waals surface area (Å²) < 4.78 is 5.47. The molecule has 1 amide bonds. The van der Waals surface area contributed by atoms with Crippen molar-refractivity contribution in [1.82, 2.24) is 9.97 Å². The first kappa shape index (κ1) is 20.0. The number of rotatable bonds is 5. The Morgan fingerprint density at radius 1 is 1.30 bits per heavy atom. The van der Waals surface area contributed by atoms with Crippen LogP contribution in [0.4, 0.5) is 5.69 Å². The molecule has 2 heterocycles. The first-order valence-corrected chi connectivity index (χ1v) is 10.3. The molecule has 2 aliphatic rings. The predicted molar refractivity (Wildman–Crippen MR) is 112 cm³/mol. The smallest absolute Gasteiger partial charge is 0.291 e. The molecular weight excluding hydrogens is 380 g/mol. The molecule has 154 valence electrons. The molecule has 30 heavy (non-hydrogen) atoms. The van der Waals surface area contributed by atoms with Crippen molar-refractivity contribution in [3.63, 3.8) is 0 Å². The van der Waals surface area contributed by atoms with Crippen LogP contribution in [0.1, 0.15) is 66.0 Å². The van der Waals surface area contributed by atoms with Gasteiger partial charge >= 0.3 is 0 Å². The van der Waals surface area contributed by atoms with E-state index in [-0.39, 0.29) is 11.5 Å². The van der Waals surface area contributed by atoms with Crippen LogP contribution in [-0.4, -0.2) is 35.4 Å². The lowest BCUT2D eigenvalue weighted by Crippen LogP contribution is -2.35. The van der Waals surface area contributed by atoms with Crippen LogP contribution in [0, 0.1) is 11.3 Å². The Kier molecular flexibility index (Phi) is 5.77. The SMILES string of the molecule is N#Cc1cnc(C(=O)Nc2ccc(C3(C=O)CCOCC3)cc2C2=CCCCC2)[nH]1. The number of aromatic nitrogens is 2. The minimum Gasteiger partial charge on any atom is -0.381 e. The van der Waals surface area contributed by atoms with Crippen molar-refractivity contribution in [2.75, 3.05) is 18.5 Å². The van der Waals surface area contributed by atoms with Crippen molar-refractivity contribution in [2.24, 2.45) is 0 Å². The summed E-state index contributed by atoms with van der Waals surface area (Å²) in [6, 6.07) is 7.77. The minimum absolute atomic E-state index is 0.0907. The fourth-order valence-electron chi connectivity index (χ4n) is 4.20. The molecule has 1 fully saturated rings. The first-order valence-electron chi connectivity index (χ1n) is 10.3. The number of allylic oxidation sites excluding steroid dienone is 2. The summed E-state index contributed by atoms with van der Waals surface area (Å²) in [6.45, 7) is 1.13. The van der Waals surface area contributed by atoms with Crippen LogP contribution in [0.5, 0.6) is 0 Å². The topological polar surface area (TPSA) is 108 Å². The lowest BCUT2D eigenvalue weighted by molar-refractivity contribution is -0.115. The van der Waals surface area contributed by atoms with E-state index in [0.29, 0.717) is 31.7 Å². The number of hydrogen-bond acceptors (Lipinski definition) is 5. The van der Waals surface area contributed by atoms with Gasteiger partial charge in [-0.1, -0.05) is 12.1 Å². The Morgan fingerprint density at radius 2 is 2.13 bits per heavy atom. The number of aldehydes is 1. The average molecular weight is 404 g/mol. The Labute approximate surface area is 175 Å². The normalized spacial score (nSPS) is 18.2. The highest BCUT2D eigenvalue weighted by molar-refractivity contribution is 6.03. The number of H-pyrrole nitrogens is 1. The fraction of sp³-hybridized carbons (Fsp3) is 0.391. The van der Waals surface area contributed by atoms with Crippen LogP contribution in [-0.2, 0) is 14.9 Å². The van der Waals surface area contributed by atoms with Crippen molar-refractivity contribution in [1.29, 1.82) is 5.26 Å². The molecule has 4 rings (SSSR count). The van der Waals surface area contributed by atoms with E-state index in [1.807, 2.05) is 18.2 Å². The van der Waals surface area contributed by atoms with Gasteiger partial charge in [-0.05, 0) is 61.8 Å². The maximum absolute atomic E-state index is 12.7. The molecule has 2 N–H and O–H groups in total. The molecule has 1 saturated heterocycles. The number of amides is 1. The highest BCUT2D eigenvalue weighted by Gasteiger charge is 2.35. The van der Waals surface area contributed by atoms with E-state index in [4.69, 9.17) is 10.00 Å². The molecular formula is C23H24N4O3. The number of carbonyl (C=O) groups is 2. The van der Waals surface area contributed by atoms with E-state index in [1.165, 1.54) is 11.8 Å². The summed E-state index contributed by atoms with van der Waals surface area (Å²) in [6.07, 6.45) is 10.1. The van der Waals surface area contributed by atoms with Crippen molar-refractivity contribution in [3.05, 3.63) is 53.1 Å². The highest BCUT2D eigenvalue weighted by Crippen LogP contribution is 2.38. The number of nitrogens with one attached hydrogen (secondary N) is 2. The number of carbonyl (C=O) groups excluding carboxylic acids is 2. The lowest BCUT2D eigenvalue weighted by atomic mass is 9.74. The number of imidazole rings is 1. The Morgan fingerprint density at radius 3 is 2.80 bits per heavy atom. The first-order chi connectivity index (χ1) is 14.6. The minimum atomic E-state index is -0.548. The molecule has 1 aliphatic carbocycles. The zero-order valence-corrected chi connectivity index (χ0v) is 16.7. The van der Waals surface area contributed by atoms with Gasteiger partial charge in [0.05, 0.1) is 11.6 Å². The van der Waals surface area contributed by atoms with Crippen molar-refractivity contribution >= 4 is 23.5 Å². The van der Waals surface area contributed by atoms with Crippen LogP contribution in [0.3, 0.4) is 0 Å². The average Bonchev–Trinajstić information content (AvgIpc) is 3.30. The Bertz CT molecular complexity index is 1030. The van der Waals surface area contributed by atoms with Crippen LogP contribution >= 0.6 is 0 Å². The molecule has 0 saturated carbocycles. The van der Waals surface area contributed by atoms with Crippen LogP contribution < -0.4 is 5.32 Å². The van der Waals surface area contributed by atoms with Gasteiger partial charge in [0.15, 0.2) is 5.82 Å². The van der Waals surface area contributed by atoms with Crippen molar-refractivity contribution in [3.8, 4) is 6.07 Å². The summed E-state index contributed by atoms with van der Waals surface area (Å²) in [7, 11) is 0. The van der Waals surface area contributed by atoms with E-state index in [0.717, 1.165) is 43.1 Å². The van der Waals surface area contributed by atoms with Gasteiger partial charge in [0.25, 0.3) is 5.91 Å². The van der Waals surface area contributed by atoms with Gasteiger partial charge in [0, 0.05) is 24.5 Å². The van der Waals surface area contributed by atoms with Gasteiger partial charge in [0.1, 0.15) is 18.0 Å². The number of anilines is 1. The van der Waals surface area contributed by atoms with Crippen LogP contribution in [0.15, 0.2) is 30.5 Å². The molecule has 0 radical (unpaired) electrons. The summed E-state index contributed by atoms with van der Waals surface area (Å²) in [5, 5.41) is 11.9. The van der Waals surface area contributed by atoms with Crippen molar-refractivity contribution in [2.45, 2.75) is 43.9 Å². The molecule has 1 aromatic heterocycles. The van der Waals surface area contributed by atoms with E-state index >= 15 is 0 Å². The Hall–Kier alpha value is -3.24. The third-order valence-electron chi connectivity index (χ3n) is 6.00. The largest absolute Gasteiger partial charge is 0.381 e. The highest BCUT2D eigenvalue weighted by atomic mass is 16.5. The molecule has 7 nitrogen and oxygen atoms in total. The van der Waals surface area contributed by atoms with E-state index < -0.39 is 11.3 Å². The summed E-state index contributed by atoms with van der Waals surface area (Å²) >= 11 is 0. The zero-order chi connectivity index (χ0) is 21.0. The maximum atomic E-state index is 12.7. The lowest BCUT2D eigenvalue weighted by Gasteiger charge is -2.33. The van der Waals surface area contributed by atoms with Gasteiger partial charge in [0.2, 0.25) is 0 Å². The third kappa shape index (κ3) is 3.91. The molecule has 0 spiro atoms. The molecule has 2 aromatic rings. The number of nitrogens with zero attached hydrogens (tertiary/aromatic N) is 2. The molecule has 7 heteroatoms. The van der Waals surface area contributed by atoms with Crippen LogP contribution in [0.2, 0.25) is 0 Å². The molecule has 1 aromatic carbocycles. The molecule has 0 bridgehead atoms.